The number of nitrogens with zero attached hydrogens (tertiary/aromatic N) is 1. The van der Waals surface area contributed by atoms with Crippen molar-refractivity contribution in [3.63, 3.8) is 0 Å². The SMILES string of the molecule is COCC1=CCN(Cc2cc(CNC3CC3)sc2C)CC1. The van der Waals surface area contributed by atoms with E-state index in [1.54, 1.807) is 7.11 Å². The fourth-order valence-corrected chi connectivity index (χ4v) is 3.82. The normalized spacial score (nSPS) is 19.8. The van der Waals surface area contributed by atoms with Crippen molar-refractivity contribution in [3.8, 4) is 0 Å². The third-order valence-corrected chi connectivity index (χ3v) is 5.42. The molecule has 0 amide bonds. The van der Waals surface area contributed by atoms with Crippen LogP contribution in [0.15, 0.2) is 17.7 Å². The molecule has 4 heteroatoms. The fraction of sp³-hybridized carbons (Fsp3) is 0.647. The lowest BCUT2D eigenvalue weighted by molar-refractivity contribution is 0.210. The number of aryl methyl sites for hydroxylation is 1. The summed E-state index contributed by atoms with van der Waals surface area (Å²) in [6.45, 7) is 7.40. The molecular formula is C17H26N2OS. The van der Waals surface area contributed by atoms with Crippen LogP contribution in [0, 0.1) is 6.92 Å². The van der Waals surface area contributed by atoms with Gasteiger partial charge in [-0.3, -0.25) is 4.90 Å². The summed E-state index contributed by atoms with van der Waals surface area (Å²) < 4.78 is 5.22. The van der Waals surface area contributed by atoms with Crippen molar-refractivity contribution in [2.75, 3.05) is 26.8 Å². The van der Waals surface area contributed by atoms with Crippen LogP contribution in [-0.4, -0.2) is 37.7 Å². The van der Waals surface area contributed by atoms with Crippen molar-refractivity contribution in [1.82, 2.24) is 10.2 Å². The Balaban J connectivity index is 1.52. The lowest BCUT2D eigenvalue weighted by Crippen LogP contribution is -2.29. The number of hydrogen-bond acceptors (Lipinski definition) is 4. The predicted octanol–water partition coefficient (Wildman–Crippen LogP) is 3.09. The fourth-order valence-electron chi connectivity index (χ4n) is 2.82. The Morgan fingerprint density at radius 1 is 1.43 bits per heavy atom. The van der Waals surface area contributed by atoms with Crippen LogP contribution in [0.25, 0.3) is 0 Å². The number of methoxy groups -OCH3 is 1. The van der Waals surface area contributed by atoms with Gasteiger partial charge in [0.1, 0.15) is 0 Å². The van der Waals surface area contributed by atoms with Gasteiger partial charge in [0.05, 0.1) is 6.61 Å². The van der Waals surface area contributed by atoms with E-state index in [4.69, 9.17) is 4.74 Å². The van der Waals surface area contributed by atoms with Gasteiger partial charge in [0.2, 0.25) is 0 Å². The van der Waals surface area contributed by atoms with Crippen molar-refractivity contribution in [2.24, 2.45) is 0 Å². The molecule has 21 heavy (non-hydrogen) atoms. The smallest absolute Gasteiger partial charge is 0.0673 e. The van der Waals surface area contributed by atoms with Gasteiger partial charge in [-0.1, -0.05) is 6.08 Å². The largest absolute Gasteiger partial charge is 0.380 e. The van der Waals surface area contributed by atoms with Gasteiger partial charge in [-0.15, -0.1) is 11.3 Å². The van der Waals surface area contributed by atoms with E-state index in [-0.39, 0.29) is 0 Å². The van der Waals surface area contributed by atoms with E-state index in [1.807, 2.05) is 11.3 Å². The molecule has 0 saturated heterocycles. The third kappa shape index (κ3) is 4.39. The Morgan fingerprint density at radius 3 is 2.95 bits per heavy atom. The molecule has 1 aliphatic heterocycles. The maximum atomic E-state index is 5.22. The zero-order valence-corrected chi connectivity index (χ0v) is 14.0. The Morgan fingerprint density at radius 2 is 2.29 bits per heavy atom. The maximum Gasteiger partial charge on any atom is 0.0673 e. The van der Waals surface area contributed by atoms with Crippen molar-refractivity contribution in [3.05, 3.63) is 33.0 Å². The van der Waals surface area contributed by atoms with Gasteiger partial charge in [0, 0.05) is 49.1 Å². The van der Waals surface area contributed by atoms with Crippen LogP contribution >= 0.6 is 11.3 Å². The van der Waals surface area contributed by atoms with Gasteiger partial charge in [0.15, 0.2) is 0 Å². The van der Waals surface area contributed by atoms with Crippen LogP contribution in [0.4, 0.5) is 0 Å². The molecular weight excluding hydrogens is 280 g/mol. The highest BCUT2D eigenvalue weighted by atomic mass is 32.1. The van der Waals surface area contributed by atoms with Crippen LogP contribution in [0.5, 0.6) is 0 Å². The minimum atomic E-state index is 0.794. The van der Waals surface area contributed by atoms with Crippen LogP contribution in [0.2, 0.25) is 0 Å². The van der Waals surface area contributed by atoms with E-state index in [2.05, 4.69) is 29.3 Å². The Hall–Kier alpha value is -0.680. The highest BCUT2D eigenvalue weighted by Gasteiger charge is 2.20. The topological polar surface area (TPSA) is 24.5 Å². The van der Waals surface area contributed by atoms with E-state index in [1.165, 1.54) is 33.7 Å². The minimum absolute atomic E-state index is 0.794. The first-order chi connectivity index (χ1) is 10.2. The maximum absolute atomic E-state index is 5.22. The Bertz CT molecular complexity index is 505. The summed E-state index contributed by atoms with van der Waals surface area (Å²) in [5.74, 6) is 0. The van der Waals surface area contributed by atoms with E-state index < -0.39 is 0 Å². The van der Waals surface area contributed by atoms with Crippen molar-refractivity contribution in [2.45, 2.75) is 45.3 Å². The highest BCUT2D eigenvalue weighted by molar-refractivity contribution is 7.12. The number of rotatable bonds is 7. The first kappa shape index (κ1) is 15.2. The van der Waals surface area contributed by atoms with E-state index in [0.717, 1.165) is 45.2 Å². The molecule has 3 rings (SSSR count). The van der Waals surface area contributed by atoms with Crippen LogP contribution in [0.3, 0.4) is 0 Å². The Labute approximate surface area is 132 Å². The molecule has 0 unspecified atom stereocenters. The first-order valence-electron chi connectivity index (χ1n) is 7.95. The molecule has 116 valence electrons. The zero-order chi connectivity index (χ0) is 14.7. The monoisotopic (exact) mass is 306 g/mol. The summed E-state index contributed by atoms with van der Waals surface area (Å²) in [4.78, 5) is 5.50. The van der Waals surface area contributed by atoms with Gasteiger partial charge in [-0.2, -0.15) is 0 Å². The van der Waals surface area contributed by atoms with Gasteiger partial charge in [-0.25, -0.2) is 0 Å². The lowest BCUT2D eigenvalue weighted by atomic mass is 10.1. The summed E-state index contributed by atoms with van der Waals surface area (Å²) in [5.41, 5.74) is 2.96. The quantitative estimate of drug-likeness (QED) is 0.784. The third-order valence-electron chi connectivity index (χ3n) is 4.32. The summed E-state index contributed by atoms with van der Waals surface area (Å²) in [5, 5.41) is 3.61. The van der Waals surface area contributed by atoms with Gasteiger partial charge in [-0.05, 0) is 43.4 Å². The molecule has 0 atom stereocenters. The molecule has 1 N–H and O–H groups in total. The second-order valence-electron chi connectivity index (χ2n) is 6.23. The average Bonchev–Trinajstić information content (AvgIpc) is 3.24. The van der Waals surface area contributed by atoms with E-state index in [0.29, 0.717) is 0 Å². The summed E-state index contributed by atoms with van der Waals surface area (Å²) in [6, 6.07) is 3.20. The number of ether oxygens (including phenoxy) is 1. The van der Waals surface area contributed by atoms with Crippen LogP contribution in [-0.2, 0) is 17.8 Å². The van der Waals surface area contributed by atoms with Gasteiger partial charge >= 0.3 is 0 Å². The molecule has 1 aromatic heterocycles. The molecule has 1 aromatic rings. The first-order valence-corrected chi connectivity index (χ1v) is 8.77. The lowest BCUT2D eigenvalue weighted by Gasteiger charge is -2.26. The Kier molecular flexibility index (Phi) is 5.11. The second kappa shape index (κ2) is 7.05. The summed E-state index contributed by atoms with van der Waals surface area (Å²) in [6.07, 6.45) is 6.21. The van der Waals surface area contributed by atoms with Gasteiger partial charge in [0.25, 0.3) is 0 Å². The second-order valence-corrected chi connectivity index (χ2v) is 7.57. The van der Waals surface area contributed by atoms with Crippen molar-refractivity contribution >= 4 is 11.3 Å². The molecule has 2 aliphatic rings. The molecule has 1 fully saturated rings. The summed E-state index contributed by atoms with van der Waals surface area (Å²) >= 11 is 1.96. The number of thiophene rings is 1. The van der Waals surface area contributed by atoms with Crippen LogP contribution < -0.4 is 5.32 Å². The molecule has 0 radical (unpaired) electrons. The van der Waals surface area contributed by atoms with E-state index in [9.17, 15) is 0 Å². The molecule has 0 bridgehead atoms. The van der Waals surface area contributed by atoms with Crippen LogP contribution in [0.1, 0.15) is 34.6 Å². The molecule has 0 spiro atoms. The predicted molar refractivity (Wildman–Crippen MR) is 88.8 cm³/mol. The molecule has 0 aromatic carbocycles. The minimum Gasteiger partial charge on any atom is -0.380 e. The molecule has 1 saturated carbocycles. The summed E-state index contributed by atoms with van der Waals surface area (Å²) in [7, 11) is 1.78. The molecule has 3 nitrogen and oxygen atoms in total. The number of hydrogen-bond donors (Lipinski definition) is 1. The molecule has 1 aliphatic carbocycles. The zero-order valence-electron chi connectivity index (χ0n) is 13.2. The van der Waals surface area contributed by atoms with Crippen molar-refractivity contribution in [1.29, 1.82) is 0 Å². The molecule has 2 heterocycles. The van der Waals surface area contributed by atoms with E-state index >= 15 is 0 Å². The highest BCUT2D eigenvalue weighted by Crippen LogP contribution is 2.26. The average molecular weight is 306 g/mol. The van der Waals surface area contributed by atoms with Crippen molar-refractivity contribution < 1.29 is 4.74 Å². The van der Waals surface area contributed by atoms with Gasteiger partial charge < -0.3 is 10.1 Å². The standard InChI is InChI=1S/C17H26N2OS/c1-13-15(9-17(21-13)10-18-16-3-4-16)11-19-7-5-14(6-8-19)12-20-2/h5,9,16,18H,3-4,6-8,10-12H2,1-2H3. The number of nitrogens with one attached hydrogen (secondary N) is 1.